The first-order chi connectivity index (χ1) is 17.7. The zero-order valence-corrected chi connectivity index (χ0v) is 23.1. The lowest BCUT2D eigenvalue weighted by Gasteiger charge is -2.40. The number of rotatable bonds is 6. The fourth-order valence-corrected chi connectivity index (χ4v) is 4.08. The van der Waals surface area contributed by atoms with Gasteiger partial charge in [-0.3, -0.25) is 0 Å². The molecule has 1 N–H and O–H groups in total. The Bertz CT molecular complexity index is 1040. The maximum Gasteiger partial charge on any atom is 0.514 e. The summed E-state index contributed by atoms with van der Waals surface area (Å²) in [4.78, 5) is 37.9. The Hall–Kier alpha value is -3.31. The van der Waals surface area contributed by atoms with E-state index < -0.39 is 59.9 Å². The highest BCUT2D eigenvalue weighted by molar-refractivity contribution is 5.86. The van der Waals surface area contributed by atoms with Gasteiger partial charge in [0, 0.05) is 5.92 Å². The molecule has 11 nitrogen and oxygen atoms in total. The number of nitrogens with one attached hydrogen (secondary N) is 1. The van der Waals surface area contributed by atoms with Crippen LogP contribution in [0.2, 0.25) is 0 Å². The summed E-state index contributed by atoms with van der Waals surface area (Å²) in [5.74, 6) is -2.08. The van der Waals surface area contributed by atoms with Gasteiger partial charge in [0.1, 0.15) is 23.6 Å². The van der Waals surface area contributed by atoms with Gasteiger partial charge in [0.25, 0.3) is 0 Å². The molecule has 3 rings (SSSR count). The molecule has 0 aliphatic carbocycles. The molecule has 0 unspecified atom stereocenters. The van der Waals surface area contributed by atoms with Crippen molar-refractivity contribution in [1.29, 1.82) is 0 Å². The monoisotopic (exact) mass is 535 g/mol. The van der Waals surface area contributed by atoms with Crippen LogP contribution in [-0.2, 0) is 33.2 Å². The van der Waals surface area contributed by atoms with E-state index in [9.17, 15) is 14.4 Å². The van der Waals surface area contributed by atoms with E-state index in [1.54, 1.807) is 65.8 Å². The lowest BCUT2D eigenvalue weighted by molar-refractivity contribution is -0.173. The van der Waals surface area contributed by atoms with E-state index in [4.69, 9.17) is 33.2 Å². The molecule has 2 heterocycles. The van der Waals surface area contributed by atoms with E-state index >= 15 is 0 Å². The summed E-state index contributed by atoms with van der Waals surface area (Å²) in [6.07, 6.45) is -3.04. The Morgan fingerprint density at radius 3 is 2.34 bits per heavy atom. The van der Waals surface area contributed by atoms with Gasteiger partial charge in [-0.1, -0.05) is 24.6 Å². The number of carbonyl (C=O) groups excluding carboxylic acids is 3. The summed E-state index contributed by atoms with van der Waals surface area (Å²) in [7, 11) is 1.21. The molecule has 210 valence electrons. The molecule has 2 aliphatic heterocycles. The molecule has 38 heavy (non-hydrogen) atoms. The van der Waals surface area contributed by atoms with Crippen LogP contribution in [0.3, 0.4) is 0 Å². The molecule has 0 aromatic heterocycles. The van der Waals surface area contributed by atoms with E-state index in [0.717, 1.165) is 5.56 Å². The zero-order chi connectivity index (χ0) is 28.3. The van der Waals surface area contributed by atoms with Crippen molar-refractivity contribution in [2.45, 2.75) is 84.2 Å². The average Bonchev–Trinajstić information content (AvgIpc) is 3.18. The largest absolute Gasteiger partial charge is 0.514 e. The van der Waals surface area contributed by atoms with Gasteiger partial charge in [-0.05, 0) is 59.8 Å². The number of hydrogen-bond donors (Lipinski definition) is 1. The van der Waals surface area contributed by atoms with Crippen molar-refractivity contribution in [3.63, 3.8) is 0 Å². The standard InChI is InChI=1S/C27H37NO10/c1-15-9-11-17(12-10-15)34-25(31)36-22(20-14-33-27(6,7)37-20)21-16(2)18(13-19(35-21)23(29)32-8)28-24(30)38-26(3,4)5/h9-13,16,18,20-22H,14H2,1-8H3,(H,28,30)/t16-,18+,20-,21-,22-/m1/s1. The second-order valence-electron chi connectivity index (χ2n) is 10.8. The predicted molar refractivity (Wildman–Crippen MR) is 134 cm³/mol. The molecule has 1 aromatic rings. The number of alkyl carbamates (subject to hydrolysis) is 1. The minimum Gasteiger partial charge on any atom is -0.479 e. The lowest BCUT2D eigenvalue weighted by Crippen LogP contribution is -2.55. The summed E-state index contributed by atoms with van der Waals surface area (Å²) >= 11 is 0. The molecule has 1 fully saturated rings. The molecular formula is C27H37NO10. The first kappa shape index (κ1) is 29.2. The maximum atomic E-state index is 12.9. The molecule has 1 aromatic carbocycles. The van der Waals surface area contributed by atoms with Gasteiger partial charge in [-0.25, -0.2) is 14.4 Å². The maximum absolute atomic E-state index is 12.9. The number of ether oxygens (including phenoxy) is 7. The van der Waals surface area contributed by atoms with Crippen LogP contribution >= 0.6 is 0 Å². The van der Waals surface area contributed by atoms with Crippen molar-refractivity contribution in [1.82, 2.24) is 5.32 Å². The summed E-state index contributed by atoms with van der Waals surface area (Å²) in [6.45, 7) is 12.4. The Morgan fingerprint density at radius 1 is 1.13 bits per heavy atom. The molecular weight excluding hydrogens is 498 g/mol. The zero-order valence-electron chi connectivity index (χ0n) is 23.1. The van der Waals surface area contributed by atoms with Gasteiger partial charge < -0.3 is 38.5 Å². The van der Waals surface area contributed by atoms with Crippen molar-refractivity contribution in [3.05, 3.63) is 41.7 Å². The number of methoxy groups -OCH3 is 1. The fourth-order valence-electron chi connectivity index (χ4n) is 4.08. The van der Waals surface area contributed by atoms with Crippen LogP contribution in [0.5, 0.6) is 5.75 Å². The van der Waals surface area contributed by atoms with Crippen LogP contribution in [0.15, 0.2) is 36.1 Å². The van der Waals surface area contributed by atoms with E-state index in [2.05, 4.69) is 5.32 Å². The fraction of sp³-hybridized carbons (Fsp3) is 0.593. The summed E-state index contributed by atoms with van der Waals surface area (Å²) in [6, 6.07) is 6.14. The number of benzene rings is 1. The minimum atomic E-state index is -1.08. The third-order valence-electron chi connectivity index (χ3n) is 5.92. The first-order valence-electron chi connectivity index (χ1n) is 12.4. The number of carbonyl (C=O) groups is 3. The van der Waals surface area contributed by atoms with Crippen LogP contribution in [0.25, 0.3) is 0 Å². The number of esters is 1. The smallest absolute Gasteiger partial charge is 0.479 e. The SMILES string of the molecule is COC(=O)C1=C[C@H](NC(=O)OC(C)(C)C)[C@@H](C)[C@H]([C@H](OC(=O)Oc2ccc(C)cc2)[C@H]2COC(C)(C)O2)O1. The van der Waals surface area contributed by atoms with E-state index in [0.29, 0.717) is 5.75 Å². The van der Waals surface area contributed by atoms with Gasteiger partial charge in [0.15, 0.2) is 11.9 Å². The number of hydrogen-bond acceptors (Lipinski definition) is 10. The van der Waals surface area contributed by atoms with Crippen molar-refractivity contribution < 1.29 is 47.5 Å². The third-order valence-corrected chi connectivity index (χ3v) is 5.92. The number of amides is 1. The highest BCUT2D eigenvalue weighted by atomic mass is 16.8. The van der Waals surface area contributed by atoms with Gasteiger partial charge in [0.2, 0.25) is 5.76 Å². The van der Waals surface area contributed by atoms with Gasteiger partial charge in [-0.2, -0.15) is 0 Å². The molecule has 0 saturated carbocycles. The predicted octanol–water partition coefficient (Wildman–Crippen LogP) is 4.02. The molecule has 1 saturated heterocycles. The first-order valence-corrected chi connectivity index (χ1v) is 12.4. The summed E-state index contributed by atoms with van der Waals surface area (Å²) in [5, 5.41) is 2.76. The normalized spacial score (nSPS) is 25.3. The van der Waals surface area contributed by atoms with Crippen molar-refractivity contribution in [3.8, 4) is 5.75 Å². The summed E-state index contributed by atoms with van der Waals surface area (Å²) in [5.41, 5.74) is 0.260. The van der Waals surface area contributed by atoms with Crippen LogP contribution in [0.1, 0.15) is 47.1 Å². The molecule has 0 bridgehead atoms. The second kappa shape index (κ2) is 11.6. The highest BCUT2D eigenvalue weighted by Gasteiger charge is 2.49. The quantitative estimate of drug-likeness (QED) is 0.324. The van der Waals surface area contributed by atoms with Crippen LogP contribution in [0.4, 0.5) is 9.59 Å². The van der Waals surface area contributed by atoms with Crippen molar-refractivity contribution in [2.24, 2.45) is 5.92 Å². The van der Waals surface area contributed by atoms with Gasteiger partial charge in [0.05, 0.1) is 19.8 Å². The highest BCUT2D eigenvalue weighted by Crippen LogP contribution is 2.34. The Labute approximate surface area is 222 Å². The topological polar surface area (TPSA) is 128 Å². The van der Waals surface area contributed by atoms with E-state index in [1.165, 1.54) is 13.2 Å². The minimum absolute atomic E-state index is 0.0868. The van der Waals surface area contributed by atoms with Crippen LogP contribution < -0.4 is 10.1 Å². The molecule has 5 atom stereocenters. The lowest BCUT2D eigenvalue weighted by atomic mass is 9.87. The van der Waals surface area contributed by atoms with E-state index in [-0.39, 0.29) is 12.4 Å². The molecule has 2 aliphatic rings. The summed E-state index contributed by atoms with van der Waals surface area (Å²) < 4.78 is 39.1. The molecule has 0 spiro atoms. The van der Waals surface area contributed by atoms with Crippen LogP contribution in [-0.4, -0.2) is 67.7 Å². The van der Waals surface area contributed by atoms with Gasteiger partial charge in [-0.15, -0.1) is 0 Å². The van der Waals surface area contributed by atoms with Gasteiger partial charge >= 0.3 is 18.2 Å². The van der Waals surface area contributed by atoms with Crippen molar-refractivity contribution >= 4 is 18.2 Å². The third kappa shape index (κ3) is 7.84. The van der Waals surface area contributed by atoms with Crippen molar-refractivity contribution in [2.75, 3.05) is 13.7 Å². The Balaban J connectivity index is 1.89. The molecule has 1 amide bonds. The van der Waals surface area contributed by atoms with E-state index in [1.807, 2.05) is 6.92 Å². The Morgan fingerprint density at radius 2 is 1.79 bits per heavy atom. The average molecular weight is 536 g/mol. The van der Waals surface area contributed by atoms with Crippen LogP contribution in [0, 0.1) is 12.8 Å². The Kier molecular flexibility index (Phi) is 8.94. The molecule has 0 radical (unpaired) electrons. The number of aryl methyl sites for hydroxylation is 1. The second-order valence-corrected chi connectivity index (χ2v) is 10.8. The molecule has 11 heteroatoms.